The second kappa shape index (κ2) is 8.61. The molecular weight excluding hydrogens is 363 g/mol. The van der Waals surface area contributed by atoms with E-state index < -0.39 is 46.7 Å². The van der Waals surface area contributed by atoms with E-state index in [2.05, 4.69) is 5.32 Å². The summed E-state index contributed by atoms with van der Waals surface area (Å²) in [5, 5.41) is 31.5. The van der Waals surface area contributed by atoms with E-state index in [0.717, 1.165) is 12.1 Å². The van der Waals surface area contributed by atoms with Crippen LogP contribution < -0.4 is 5.32 Å². The molecule has 2 rings (SSSR count). The van der Waals surface area contributed by atoms with Gasteiger partial charge in [-0.25, -0.2) is 14.0 Å². The molecule has 0 radical (unpaired) electrons. The number of rotatable bonds is 7. The summed E-state index contributed by atoms with van der Waals surface area (Å²) in [6.07, 6.45) is -1.46. The number of benzene rings is 2. The summed E-state index contributed by atoms with van der Waals surface area (Å²) >= 11 is 0. The van der Waals surface area contributed by atoms with Crippen molar-refractivity contribution in [2.45, 2.75) is 19.1 Å². The first kappa shape index (κ1) is 19.6. The van der Waals surface area contributed by atoms with Crippen molar-refractivity contribution in [1.82, 2.24) is 5.32 Å². The zero-order chi connectivity index (χ0) is 20.0. The van der Waals surface area contributed by atoms with Crippen molar-refractivity contribution in [3.63, 3.8) is 0 Å². The third-order valence-electron chi connectivity index (χ3n) is 3.54. The van der Waals surface area contributed by atoms with Crippen LogP contribution in [0.2, 0.25) is 0 Å². The number of aliphatic carboxylic acids is 1. The molecule has 10 heteroatoms. The molecule has 0 aromatic heterocycles. The maximum Gasteiger partial charge on any atom is 0.408 e. The fraction of sp³-hybridized carbons (Fsp3) is 0.176. The number of aromatic hydroxyl groups is 1. The highest BCUT2D eigenvalue weighted by Crippen LogP contribution is 2.30. The molecule has 27 heavy (non-hydrogen) atoms. The monoisotopic (exact) mass is 378 g/mol. The molecule has 9 nitrogen and oxygen atoms in total. The minimum Gasteiger partial charge on any atom is -0.500 e. The minimum atomic E-state index is -1.52. The van der Waals surface area contributed by atoms with Gasteiger partial charge in [0.25, 0.3) is 0 Å². The number of nitrogens with zero attached hydrogens (tertiary/aromatic N) is 1. The van der Waals surface area contributed by atoms with Gasteiger partial charge in [-0.2, -0.15) is 0 Å². The number of carbonyl (C=O) groups is 2. The van der Waals surface area contributed by atoms with Gasteiger partial charge in [0.15, 0.2) is 5.82 Å². The Hall–Kier alpha value is -3.69. The van der Waals surface area contributed by atoms with Crippen molar-refractivity contribution < 1.29 is 33.9 Å². The van der Waals surface area contributed by atoms with Gasteiger partial charge in [0.2, 0.25) is 5.75 Å². The van der Waals surface area contributed by atoms with Crippen LogP contribution in [0.25, 0.3) is 0 Å². The number of nitrogens with one attached hydrogen (secondary N) is 1. The van der Waals surface area contributed by atoms with Crippen LogP contribution in [0.15, 0.2) is 42.5 Å². The quantitative estimate of drug-likeness (QED) is 0.496. The SMILES string of the molecule is O=C(NC(Cc1cc(F)c(O)c([N+](=O)[O-])c1)C(=O)O)OCc1ccccc1. The van der Waals surface area contributed by atoms with Gasteiger partial charge in [-0.3, -0.25) is 10.1 Å². The Bertz CT molecular complexity index is 858. The molecule has 0 heterocycles. The van der Waals surface area contributed by atoms with Crippen molar-refractivity contribution >= 4 is 17.7 Å². The molecule has 2 aromatic carbocycles. The van der Waals surface area contributed by atoms with E-state index in [9.17, 15) is 34.3 Å². The Kier molecular flexibility index (Phi) is 6.26. The summed E-state index contributed by atoms with van der Waals surface area (Å²) in [5.41, 5.74) is -0.302. The summed E-state index contributed by atoms with van der Waals surface area (Å²) in [6.45, 7) is -0.0850. The number of hydrogen-bond donors (Lipinski definition) is 3. The van der Waals surface area contributed by atoms with Crippen molar-refractivity contribution in [2.75, 3.05) is 0 Å². The van der Waals surface area contributed by atoms with Gasteiger partial charge in [-0.1, -0.05) is 30.3 Å². The molecule has 0 aliphatic heterocycles. The number of phenols is 1. The lowest BCUT2D eigenvalue weighted by atomic mass is 10.0. The van der Waals surface area contributed by atoms with E-state index in [4.69, 9.17) is 4.74 Å². The molecule has 2 aromatic rings. The van der Waals surface area contributed by atoms with Crippen molar-refractivity contribution in [3.8, 4) is 5.75 Å². The van der Waals surface area contributed by atoms with Gasteiger partial charge >= 0.3 is 17.7 Å². The van der Waals surface area contributed by atoms with E-state index in [1.807, 2.05) is 0 Å². The number of ether oxygens (including phenoxy) is 1. The number of halogens is 1. The van der Waals surface area contributed by atoms with Crippen molar-refractivity contribution in [2.24, 2.45) is 0 Å². The number of amides is 1. The Morgan fingerprint density at radius 3 is 2.48 bits per heavy atom. The lowest BCUT2D eigenvalue weighted by Crippen LogP contribution is -2.42. The lowest BCUT2D eigenvalue weighted by Gasteiger charge is -2.15. The topological polar surface area (TPSA) is 139 Å². The van der Waals surface area contributed by atoms with E-state index in [1.54, 1.807) is 30.3 Å². The molecule has 0 aliphatic carbocycles. The third-order valence-corrected chi connectivity index (χ3v) is 3.54. The first-order chi connectivity index (χ1) is 12.8. The highest BCUT2D eigenvalue weighted by atomic mass is 19.1. The number of alkyl carbamates (subject to hydrolysis) is 1. The lowest BCUT2D eigenvalue weighted by molar-refractivity contribution is -0.386. The smallest absolute Gasteiger partial charge is 0.408 e. The third kappa shape index (κ3) is 5.39. The average molecular weight is 378 g/mol. The first-order valence-electron chi connectivity index (χ1n) is 7.63. The Morgan fingerprint density at radius 1 is 1.22 bits per heavy atom. The molecule has 0 aliphatic rings. The Balaban J connectivity index is 2.06. The Morgan fingerprint density at radius 2 is 1.89 bits per heavy atom. The van der Waals surface area contributed by atoms with Gasteiger partial charge in [0.1, 0.15) is 12.6 Å². The van der Waals surface area contributed by atoms with E-state index in [1.165, 1.54) is 0 Å². The van der Waals surface area contributed by atoms with E-state index >= 15 is 0 Å². The van der Waals surface area contributed by atoms with E-state index in [0.29, 0.717) is 5.56 Å². The fourth-order valence-corrected chi connectivity index (χ4v) is 2.24. The summed E-state index contributed by atoms with van der Waals surface area (Å²) in [5.74, 6) is -3.86. The predicted octanol–water partition coefficient (Wildman–Crippen LogP) is 2.36. The molecular formula is C17H15FN2O7. The molecule has 1 atom stereocenters. The predicted molar refractivity (Wildman–Crippen MR) is 89.6 cm³/mol. The molecule has 0 saturated carbocycles. The minimum absolute atomic E-state index is 0.0850. The second-order valence-electron chi connectivity index (χ2n) is 5.50. The highest BCUT2D eigenvalue weighted by molar-refractivity contribution is 5.80. The highest BCUT2D eigenvalue weighted by Gasteiger charge is 2.25. The van der Waals surface area contributed by atoms with Crippen LogP contribution in [-0.2, 0) is 22.6 Å². The van der Waals surface area contributed by atoms with Gasteiger partial charge in [-0.15, -0.1) is 0 Å². The van der Waals surface area contributed by atoms with Crippen LogP contribution in [0.1, 0.15) is 11.1 Å². The largest absolute Gasteiger partial charge is 0.500 e. The van der Waals surface area contributed by atoms with Crippen molar-refractivity contribution in [3.05, 3.63) is 69.5 Å². The fourth-order valence-electron chi connectivity index (χ4n) is 2.24. The van der Waals surface area contributed by atoms with Gasteiger partial charge in [-0.05, 0) is 17.2 Å². The van der Waals surface area contributed by atoms with Gasteiger partial charge in [0.05, 0.1) is 4.92 Å². The number of carboxylic acids is 1. The Labute approximate surface area is 152 Å². The number of carbonyl (C=O) groups excluding carboxylic acids is 1. The molecule has 3 N–H and O–H groups in total. The number of hydrogen-bond acceptors (Lipinski definition) is 6. The summed E-state index contributed by atoms with van der Waals surface area (Å²) in [4.78, 5) is 33.0. The zero-order valence-corrected chi connectivity index (χ0v) is 13.8. The average Bonchev–Trinajstić information content (AvgIpc) is 2.62. The van der Waals surface area contributed by atoms with Crippen LogP contribution in [0, 0.1) is 15.9 Å². The number of phenolic OH excluding ortho intramolecular Hbond substituents is 1. The van der Waals surface area contributed by atoms with E-state index in [-0.39, 0.29) is 12.2 Å². The van der Waals surface area contributed by atoms with Crippen LogP contribution in [0.4, 0.5) is 14.9 Å². The summed E-state index contributed by atoms with van der Waals surface area (Å²) < 4.78 is 18.5. The molecule has 0 bridgehead atoms. The van der Waals surface area contributed by atoms with Gasteiger partial charge < -0.3 is 20.3 Å². The maximum absolute atomic E-state index is 13.6. The van der Waals surface area contributed by atoms with Crippen LogP contribution >= 0.6 is 0 Å². The standard InChI is InChI=1S/C17H15FN2O7/c18-12-6-11(8-14(15(12)21)20(25)26)7-13(16(22)23)19-17(24)27-9-10-4-2-1-3-5-10/h1-6,8,13,21H,7,9H2,(H,19,24)(H,22,23). The summed E-state index contributed by atoms with van der Waals surface area (Å²) in [6, 6.07) is 8.75. The van der Waals surface area contributed by atoms with Gasteiger partial charge in [0, 0.05) is 12.5 Å². The van der Waals surface area contributed by atoms with Crippen LogP contribution in [0.3, 0.4) is 0 Å². The molecule has 1 unspecified atom stereocenters. The van der Waals surface area contributed by atoms with Crippen LogP contribution in [0.5, 0.6) is 5.75 Å². The first-order valence-corrected chi connectivity index (χ1v) is 7.63. The molecule has 0 fully saturated rings. The number of nitro groups is 1. The molecule has 142 valence electrons. The molecule has 0 saturated heterocycles. The number of carboxylic acid groups (broad SMARTS) is 1. The number of nitro benzene ring substituents is 1. The molecule has 1 amide bonds. The zero-order valence-electron chi connectivity index (χ0n) is 13.8. The van der Waals surface area contributed by atoms with Crippen molar-refractivity contribution in [1.29, 1.82) is 0 Å². The summed E-state index contributed by atoms with van der Waals surface area (Å²) in [7, 11) is 0. The maximum atomic E-state index is 13.6. The molecule has 0 spiro atoms. The van der Waals surface area contributed by atoms with Crippen LogP contribution in [-0.4, -0.2) is 33.2 Å². The normalized spacial score (nSPS) is 11.4. The second-order valence-corrected chi connectivity index (χ2v) is 5.50.